The summed E-state index contributed by atoms with van der Waals surface area (Å²) in [7, 11) is 0. The van der Waals surface area contributed by atoms with Crippen molar-refractivity contribution >= 4 is 0 Å². The summed E-state index contributed by atoms with van der Waals surface area (Å²) in [5.74, 6) is 1.75. The van der Waals surface area contributed by atoms with Crippen LogP contribution in [0.2, 0.25) is 0 Å². The van der Waals surface area contributed by atoms with Gasteiger partial charge in [-0.1, -0.05) is 57.2 Å². The third-order valence-corrected chi connectivity index (χ3v) is 4.94. The molecule has 169 valence electrons. The van der Waals surface area contributed by atoms with Crippen LogP contribution in [0.3, 0.4) is 0 Å². The van der Waals surface area contributed by atoms with Gasteiger partial charge in [0.2, 0.25) is 0 Å². The van der Waals surface area contributed by atoms with Crippen LogP contribution >= 0.6 is 0 Å². The lowest BCUT2D eigenvalue weighted by Crippen LogP contribution is -2.22. The highest BCUT2D eigenvalue weighted by molar-refractivity contribution is 5.86. The molecule has 0 N–H and O–H groups in total. The van der Waals surface area contributed by atoms with E-state index in [1.54, 1.807) is 0 Å². The summed E-state index contributed by atoms with van der Waals surface area (Å²) in [4.78, 5) is 0. The van der Waals surface area contributed by atoms with E-state index < -0.39 is 0 Å². The highest BCUT2D eigenvalue weighted by atomic mass is 16.5. The lowest BCUT2D eigenvalue weighted by molar-refractivity contribution is 0.130. The zero-order chi connectivity index (χ0) is 23.7. The monoisotopic (exact) mass is 429 g/mol. The van der Waals surface area contributed by atoms with Crippen molar-refractivity contribution in [3.8, 4) is 33.8 Å². The molecule has 0 aromatic heterocycles. The van der Waals surface area contributed by atoms with Gasteiger partial charge in [0.15, 0.2) is 0 Å². The van der Waals surface area contributed by atoms with Gasteiger partial charge in [-0.25, -0.2) is 0 Å². The Kier molecular flexibility index (Phi) is 6.47. The molecule has 1 radical (unpaired) electrons. The number of ether oxygens (including phenoxy) is 2. The molecule has 3 aromatic rings. The van der Waals surface area contributed by atoms with E-state index >= 15 is 0 Å². The van der Waals surface area contributed by atoms with E-state index in [4.69, 9.17) is 9.47 Å². The molecule has 3 rings (SSSR count). The molecule has 0 saturated carbocycles. The smallest absolute Gasteiger partial charge is 0.120 e. The van der Waals surface area contributed by atoms with E-state index in [1.165, 1.54) is 11.1 Å². The average Bonchev–Trinajstić information content (AvgIpc) is 2.65. The number of rotatable bonds is 4. The first kappa shape index (κ1) is 23.9. The van der Waals surface area contributed by atoms with Gasteiger partial charge >= 0.3 is 0 Å². The highest BCUT2D eigenvalue weighted by Gasteiger charge is 2.22. The molecule has 2 heteroatoms. The molecular formula is C30H37O2. The van der Waals surface area contributed by atoms with Gasteiger partial charge in [-0.3, -0.25) is 0 Å². The summed E-state index contributed by atoms with van der Waals surface area (Å²) < 4.78 is 12.1. The average molecular weight is 430 g/mol. The van der Waals surface area contributed by atoms with Gasteiger partial charge in [0.25, 0.3) is 0 Å². The minimum atomic E-state index is -0.222. The van der Waals surface area contributed by atoms with E-state index in [0.29, 0.717) is 0 Å². The molecule has 0 amide bonds. The largest absolute Gasteiger partial charge is 0.488 e. The van der Waals surface area contributed by atoms with Crippen LogP contribution < -0.4 is 9.47 Å². The maximum absolute atomic E-state index is 6.04. The fourth-order valence-corrected chi connectivity index (χ4v) is 3.74. The van der Waals surface area contributed by atoms with Crippen molar-refractivity contribution in [3.05, 3.63) is 72.3 Å². The lowest BCUT2D eigenvalue weighted by atomic mass is 9.79. The van der Waals surface area contributed by atoms with Crippen molar-refractivity contribution in [2.24, 2.45) is 0 Å². The number of hydrogen-bond acceptors (Lipinski definition) is 2. The van der Waals surface area contributed by atoms with E-state index in [9.17, 15) is 0 Å². The Bertz CT molecular complexity index is 1040. The Morgan fingerprint density at radius 2 is 1.00 bits per heavy atom. The van der Waals surface area contributed by atoms with Crippen molar-refractivity contribution in [3.63, 3.8) is 0 Å². The molecule has 0 aliphatic rings. The Morgan fingerprint density at radius 1 is 0.562 bits per heavy atom. The fourth-order valence-electron chi connectivity index (χ4n) is 3.74. The van der Waals surface area contributed by atoms with Gasteiger partial charge in [0.1, 0.15) is 22.7 Å². The van der Waals surface area contributed by atoms with E-state index in [2.05, 4.69) is 111 Å². The van der Waals surface area contributed by atoms with Gasteiger partial charge in [-0.15, -0.1) is 0 Å². The first-order chi connectivity index (χ1) is 14.7. The lowest BCUT2D eigenvalue weighted by Gasteiger charge is -2.26. The molecule has 0 aliphatic heterocycles. The molecule has 0 saturated heterocycles. The summed E-state index contributed by atoms with van der Waals surface area (Å²) in [6, 6.07) is 24.5. The summed E-state index contributed by atoms with van der Waals surface area (Å²) in [5.41, 5.74) is 5.46. The van der Waals surface area contributed by atoms with Gasteiger partial charge in [-0.05, 0) is 105 Å². The fraction of sp³-hybridized carbons (Fsp3) is 0.400. The molecule has 3 aromatic carbocycles. The maximum atomic E-state index is 6.04. The van der Waals surface area contributed by atoms with Crippen molar-refractivity contribution < 1.29 is 9.47 Å². The molecule has 0 spiro atoms. The molecule has 0 aliphatic carbocycles. The number of hydrogen-bond donors (Lipinski definition) is 0. The predicted octanol–water partition coefficient (Wildman–Crippen LogP) is 8.47. The van der Waals surface area contributed by atoms with Crippen LogP contribution in [0.5, 0.6) is 11.5 Å². The highest BCUT2D eigenvalue weighted by Crippen LogP contribution is 2.41. The minimum Gasteiger partial charge on any atom is -0.488 e. The number of benzene rings is 3. The van der Waals surface area contributed by atoms with Crippen LogP contribution in [0, 0.1) is 6.07 Å². The van der Waals surface area contributed by atoms with Crippen LogP contribution in [-0.2, 0) is 5.41 Å². The molecule has 0 atom stereocenters. The second-order valence-corrected chi connectivity index (χ2v) is 11.4. The summed E-state index contributed by atoms with van der Waals surface area (Å²) in [6.45, 7) is 19.2. The van der Waals surface area contributed by atoms with Crippen LogP contribution in [0.4, 0.5) is 0 Å². The first-order valence-corrected chi connectivity index (χ1v) is 11.4. The van der Waals surface area contributed by atoms with Crippen molar-refractivity contribution in [1.29, 1.82) is 0 Å². The molecule has 0 fully saturated rings. The van der Waals surface area contributed by atoms with E-state index in [-0.39, 0.29) is 16.6 Å². The second kappa shape index (κ2) is 8.65. The van der Waals surface area contributed by atoms with Crippen LogP contribution in [0.25, 0.3) is 22.3 Å². The van der Waals surface area contributed by atoms with Crippen LogP contribution in [-0.4, -0.2) is 11.2 Å². The van der Waals surface area contributed by atoms with Crippen molar-refractivity contribution in [2.45, 2.75) is 78.9 Å². The van der Waals surface area contributed by atoms with Crippen molar-refractivity contribution in [1.82, 2.24) is 0 Å². The van der Waals surface area contributed by atoms with E-state index in [1.807, 2.05) is 18.2 Å². The summed E-state index contributed by atoms with van der Waals surface area (Å²) in [6.07, 6.45) is 0. The summed E-state index contributed by atoms with van der Waals surface area (Å²) >= 11 is 0. The molecule has 0 heterocycles. The summed E-state index contributed by atoms with van der Waals surface area (Å²) in [5, 5.41) is 0. The van der Waals surface area contributed by atoms with Gasteiger partial charge < -0.3 is 9.47 Å². The molecule has 0 bridgehead atoms. The van der Waals surface area contributed by atoms with Crippen LogP contribution in [0.1, 0.15) is 67.9 Å². The zero-order valence-corrected chi connectivity index (χ0v) is 21.1. The topological polar surface area (TPSA) is 18.5 Å². The van der Waals surface area contributed by atoms with Crippen molar-refractivity contribution in [2.75, 3.05) is 0 Å². The Morgan fingerprint density at radius 3 is 1.41 bits per heavy atom. The SMILES string of the molecule is CC(C)(C)Oc1ccc(-c2[c]ccc(C(C)(C)C)c2-c2ccc(OC(C)(C)C)cc2)cc1. The second-order valence-electron chi connectivity index (χ2n) is 11.4. The van der Waals surface area contributed by atoms with Crippen LogP contribution in [0.15, 0.2) is 60.7 Å². The zero-order valence-electron chi connectivity index (χ0n) is 21.1. The minimum absolute atomic E-state index is 0.00491. The molecular weight excluding hydrogens is 392 g/mol. The standard InChI is InChI=1S/C30H37O2/c1-28(2,3)26-12-10-11-25(21-13-17-23(18-14-21)31-29(4,5)6)27(26)22-15-19-24(20-16-22)32-30(7,8)9/h10,12-20H,1-9H3. The molecule has 2 nitrogen and oxygen atoms in total. The predicted molar refractivity (Wildman–Crippen MR) is 136 cm³/mol. The third-order valence-electron chi connectivity index (χ3n) is 4.94. The van der Waals surface area contributed by atoms with E-state index in [0.717, 1.165) is 28.2 Å². The van der Waals surface area contributed by atoms with Gasteiger partial charge in [0.05, 0.1) is 0 Å². The normalized spacial score (nSPS) is 12.5. The Hall–Kier alpha value is -2.74. The maximum Gasteiger partial charge on any atom is 0.120 e. The first-order valence-electron chi connectivity index (χ1n) is 11.4. The Labute approximate surface area is 194 Å². The quantitative estimate of drug-likeness (QED) is 0.414. The third kappa shape index (κ3) is 6.16. The van der Waals surface area contributed by atoms with Gasteiger partial charge in [0, 0.05) is 0 Å². The Balaban J connectivity index is 2.09. The molecule has 32 heavy (non-hydrogen) atoms. The van der Waals surface area contributed by atoms with Gasteiger partial charge in [-0.2, -0.15) is 0 Å². The molecule has 0 unspecified atom stereocenters.